The number of carbonyl (C=O) groups is 1. The van der Waals surface area contributed by atoms with Gasteiger partial charge in [0.2, 0.25) is 0 Å². The number of hydrogen-bond acceptors (Lipinski definition) is 4. The second kappa shape index (κ2) is 6.61. The molecule has 0 saturated carbocycles. The Kier molecular flexibility index (Phi) is 4.84. The van der Waals surface area contributed by atoms with Crippen molar-refractivity contribution in [3.8, 4) is 5.75 Å². The van der Waals surface area contributed by atoms with Gasteiger partial charge < -0.3 is 20.5 Å². The van der Waals surface area contributed by atoms with Gasteiger partial charge in [-0.1, -0.05) is 13.0 Å². The summed E-state index contributed by atoms with van der Waals surface area (Å²) in [5.41, 5.74) is 6.75. The van der Waals surface area contributed by atoms with Crippen molar-refractivity contribution >= 4 is 11.6 Å². The van der Waals surface area contributed by atoms with E-state index >= 15 is 0 Å². The van der Waals surface area contributed by atoms with Crippen LogP contribution in [-0.2, 0) is 4.74 Å². The number of nitrogen functional groups attached to an aromatic ring is 1. The summed E-state index contributed by atoms with van der Waals surface area (Å²) in [7, 11) is 1.54. The number of amides is 1. The van der Waals surface area contributed by atoms with E-state index in [1.807, 2.05) is 0 Å². The number of ether oxygens (including phenoxy) is 2. The number of hydrogen-bond donors (Lipinski definition) is 2. The van der Waals surface area contributed by atoms with E-state index in [1.54, 1.807) is 18.2 Å². The number of methoxy groups -OCH3 is 1. The molecule has 1 saturated heterocycles. The molecule has 20 heavy (non-hydrogen) atoms. The highest BCUT2D eigenvalue weighted by molar-refractivity contribution is 6.00. The summed E-state index contributed by atoms with van der Waals surface area (Å²) < 4.78 is 10.7. The van der Waals surface area contributed by atoms with Crippen LogP contribution in [0, 0.1) is 5.92 Å². The molecule has 5 heteroatoms. The summed E-state index contributed by atoms with van der Waals surface area (Å²) in [6, 6.07) is 5.21. The monoisotopic (exact) mass is 278 g/mol. The summed E-state index contributed by atoms with van der Waals surface area (Å²) in [5, 5.41) is 2.94. The number of carbonyl (C=O) groups excluding carboxylic acids is 1. The van der Waals surface area contributed by atoms with Crippen molar-refractivity contribution in [3.05, 3.63) is 23.8 Å². The summed E-state index contributed by atoms with van der Waals surface area (Å²) >= 11 is 0. The number of nitrogens with two attached hydrogens (primary N) is 1. The predicted molar refractivity (Wildman–Crippen MR) is 77.9 cm³/mol. The Morgan fingerprint density at radius 1 is 1.55 bits per heavy atom. The van der Waals surface area contributed by atoms with Crippen molar-refractivity contribution in [2.24, 2.45) is 5.92 Å². The predicted octanol–water partition coefficient (Wildman–Crippen LogP) is 1.82. The molecule has 1 fully saturated rings. The van der Waals surface area contributed by atoms with E-state index in [1.165, 1.54) is 7.11 Å². The SMILES string of the molecule is CCC1OCCC1CNC(=O)c1cccc(OC)c1N. The van der Waals surface area contributed by atoms with Crippen LogP contribution in [0.25, 0.3) is 0 Å². The van der Waals surface area contributed by atoms with Crippen LogP contribution in [-0.4, -0.2) is 32.3 Å². The van der Waals surface area contributed by atoms with Crippen LogP contribution in [0.15, 0.2) is 18.2 Å². The molecule has 1 amide bonds. The molecule has 0 aliphatic carbocycles. The fraction of sp³-hybridized carbons (Fsp3) is 0.533. The molecule has 1 aromatic rings. The zero-order valence-corrected chi connectivity index (χ0v) is 12.0. The van der Waals surface area contributed by atoms with E-state index in [0.29, 0.717) is 29.5 Å². The van der Waals surface area contributed by atoms with E-state index < -0.39 is 0 Å². The summed E-state index contributed by atoms with van der Waals surface area (Å²) in [6.07, 6.45) is 2.21. The first-order valence-corrected chi connectivity index (χ1v) is 6.99. The van der Waals surface area contributed by atoms with Gasteiger partial charge in [-0.05, 0) is 25.0 Å². The third kappa shape index (κ3) is 3.04. The van der Waals surface area contributed by atoms with Crippen molar-refractivity contribution in [2.45, 2.75) is 25.9 Å². The minimum absolute atomic E-state index is 0.164. The van der Waals surface area contributed by atoms with Gasteiger partial charge in [-0.25, -0.2) is 0 Å². The Labute approximate surface area is 119 Å². The molecular weight excluding hydrogens is 256 g/mol. The maximum atomic E-state index is 12.2. The lowest BCUT2D eigenvalue weighted by Crippen LogP contribution is -2.33. The first-order chi connectivity index (χ1) is 9.67. The first-order valence-electron chi connectivity index (χ1n) is 6.99. The Balaban J connectivity index is 1.98. The minimum Gasteiger partial charge on any atom is -0.495 e. The lowest BCUT2D eigenvalue weighted by Gasteiger charge is -2.17. The van der Waals surface area contributed by atoms with Gasteiger partial charge in [-0.2, -0.15) is 0 Å². The van der Waals surface area contributed by atoms with Gasteiger partial charge in [0.25, 0.3) is 5.91 Å². The van der Waals surface area contributed by atoms with Crippen LogP contribution < -0.4 is 15.8 Å². The molecule has 0 spiro atoms. The molecule has 0 aromatic heterocycles. The van der Waals surface area contributed by atoms with E-state index in [0.717, 1.165) is 19.4 Å². The molecule has 2 unspecified atom stereocenters. The Morgan fingerprint density at radius 2 is 2.35 bits per heavy atom. The van der Waals surface area contributed by atoms with Crippen molar-refractivity contribution in [1.82, 2.24) is 5.32 Å². The molecule has 2 atom stereocenters. The second-order valence-corrected chi connectivity index (χ2v) is 5.00. The Bertz CT molecular complexity index is 476. The number of nitrogens with one attached hydrogen (secondary N) is 1. The fourth-order valence-corrected chi connectivity index (χ4v) is 2.62. The molecule has 3 N–H and O–H groups in total. The van der Waals surface area contributed by atoms with Gasteiger partial charge in [0.05, 0.1) is 24.5 Å². The average molecular weight is 278 g/mol. The minimum atomic E-state index is -0.164. The van der Waals surface area contributed by atoms with Crippen molar-refractivity contribution in [1.29, 1.82) is 0 Å². The third-order valence-electron chi connectivity index (χ3n) is 3.80. The van der Waals surface area contributed by atoms with Crippen LogP contribution in [0.4, 0.5) is 5.69 Å². The molecule has 0 bridgehead atoms. The van der Waals surface area contributed by atoms with Crippen LogP contribution in [0.1, 0.15) is 30.1 Å². The molecule has 110 valence electrons. The molecule has 1 aliphatic heterocycles. The van der Waals surface area contributed by atoms with E-state index in [9.17, 15) is 4.79 Å². The van der Waals surface area contributed by atoms with Crippen molar-refractivity contribution in [2.75, 3.05) is 26.0 Å². The Hall–Kier alpha value is -1.75. The fourth-order valence-electron chi connectivity index (χ4n) is 2.62. The third-order valence-corrected chi connectivity index (χ3v) is 3.80. The topological polar surface area (TPSA) is 73.6 Å². The maximum absolute atomic E-state index is 12.2. The number of anilines is 1. The molecule has 5 nitrogen and oxygen atoms in total. The highest BCUT2D eigenvalue weighted by Crippen LogP contribution is 2.25. The van der Waals surface area contributed by atoms with Gasteiger partial charge in [0, 0.05) is 19.1 Å². The van der Waals surface area contributed by atoms with Gasteiger partial charge in [0.15, 0.2) is 0 Å². The van der Waals surface area contributed by atoms with Crippen LogP contribution >= 0.6 is 0 Å². The summed E-state index contributed by atoms with van der Waals surface area (Å²) in [5.74, 6) is 0.743. The Morgan fingerprint density at radius 3 is 3.05 bits per heavy atom. The summed E-state index contributed by atoms with van der Waals surface area (Å²) in [6.45, 7) is 3.50. The van der Waals surface area contributed by atoms with E-state index in [4.69, 9.17) is 15.2 Å². The van der Waals surface area contributed by atoms with Crippen LogP contribution in [0.5, 0.6) is 5.75 Å². The van der Waals surface area contributed by atoms with Gasteiger partial charge in [-0.3, -0.25) is 4.79 Å². The van der Waals surface area contributed by atoms with Crippen LogP contribution in [0.3, 0.4) is 0 Å². The zero-order chi connectivity index (χ0) is 14.5. The van der Waals surface area contributed by atoms with Gasteiger partial charge >= 0.3 is 0 Å². The van der Waals surface area contributed by atoms with Crippen LogP contribution in [0.2, 0.25) is 0 Å². The molecular formula is C15H22N2O3. The molecule has 0 radical (unpaired) electrons. The molecule has 1 heterocycles. The molecule has 1 aromatic carbocycles. The lowest BCUT2D eigenvalue weighted by molar-refractivity contribution is 0.0827. The highest BCUT2D eigenvalue weighted by atomic mass is 16.5. The van der Waals surface area contributed by atoms with Gasteiger partial charge in [0.1, 0.15) is 5.75 Å². The van der Waals surface area contributed by atoms with Crippen molar-refractivity contribution in [3.63, 3.8) is 0 Å². The standard InChI is InChI=1S/C15H22N2O3/c1-3-12-10(7-8-20-12)9-17-15(18)11-5-4-6-13(19-2)14(11)16/h4-6,10,12H,3,7-9,16H2,1-2H3,(H,17,18). The number of rotatable bonds is 5. The zero-order valence-electron chi connectivity index (χ0n) is 12.0. The number of benzene rings is 1. The smallest absolute Gasteiger partial charge is 0.253 e. The molecule has 1 aliphatic rings. The quantitative estimate of drug-likeness (QED) is 0.806. The highest BCUT2D eigenvalue weighted by Gasteiger charge is 2.27. The average Bonchev–Trinajstić information content (AvgIpc) is 2.92. The van der Waals surface area contributed by atoms with E-state index in [-0.39, 0.29) is 12.0 Å². The lowest BCUT2D eigenvalue weighted by atomic mass is 9.99. The summed E-state index contributed by atoms with van der Waals surface area (Å²) in [4.78, 5) is 12.2. The largest absolute Gasteiger partial charge is 0.495 e. The number of para-hydroxylation sites is 1. The normalized spacial score (nSPS) is 21.7. The van der Waals surface area contributed by atoms with Gasteiger partial charge in [-0.15, -0.1) is 0 Å². The molecule has 2 rings (SSSR count). The first kappa shape index (κ1) is 14.7. The van der Waals surface area contributed by atoms with Crippen molar-refractivity contribution < 1.29 is 14.3 Å². The van der Waals surface area contributed by atoms with E-state index in [2.05, 4.69) is 12.2 Å². The maximum Gasteiger partial charge on any atom is 0.253 e. The second-order valence-electron chi connectivity index (χ2n) is 5.00.